The first kappa shape index (κ1) is 10.5. The summed E-state index contributed by atoms with van der Waals surface area (Å²) < 4.78 is 0. The summed E-state index contributed by atoms with van der Waals surface area (Å²) in [6.07, 6.45) is 5.70. The lowest BCUT2D eigenvalue weighted by Crippen LogP contribution is -2.56. The molecule has 1 heteroatoms. The van der Waals surface area contributed by atoms with Crippen molar-refractivity contribution in [1.82, 2.24) is 5.32 Å². The lowest BCUT2D eigenvalue weighted by atomic mass is 9.67. The van der Waals surface area contributed by atoms with Crippen LogP contribution < -0.4 is 5.32 Å². The summed E-state index contributed by atoms with van der Waals surface area (Å²) in [5.41, 5.74) is 0.563. The molecule has 0 aromatic rings. The van der Waals surface area contributed by atoms with E-state index in [0.29, 0.717) is 5.54 Å². The highest BCUT2D eigenvalue weighted by Crippen LogP contribution is 2.46. The predicted octanol–water partition coefficient (Wildman–Crippen LogP) is 3.20. The smallest absolute Gasteiger partial charge is 0.0210 e. The van der Waals surface area contributed by atoms with Gasteiger partial charge in [-0.2, -0.15) is 0 Å². The first-order chi connectivity index (χ1) is 6.55. The topological polar surface area (TPSA) is 12.0 Å². The maximum Gasteiger partial charge on any atom is 0.0210 e. The van der Waals surface area contributed by atoms with Gasteiger partial charge in [0.1, 0.15) is 0 Å². The Morgan fingerprint density at radius 1 is 1.14 bits per heavy atom. The van der Waals surface area contributed by atoms with Gasteiger partial charge in [-0.15, -0.1) is 0 Å². The van der Waals surface area contributed by atoms with E-state index in [0.717, 1.165) is 23.8 Å². The van der Waals surface area contributed by atoms with E-state index in [1.165, 1.54) is 25.7 Å². The zero-order valence-electron chi connectivity index (χ0n) is 10.1. The molecule has 0 radical (unpaired) electrons. The zero-order chi connectivity index (χ0) is 10.3. The van der Waals surface area contributed by atoms with Crippen LogP contribution in [-0.2, 0) is 0 Å². The van der Waals surface area contributed by atoms with Crippen molar-refractivity contribution in [2.45, 2.75) is 65.0 Å². The fraction of sp³-hybridized carbons (Fsp3) is 1.00. The highest BCUT2D eigenvalue weighted by Gasteiger charge is 2.49. The van der Waals surface area contributed by atoms with E-state index in [1.54, 1.807) is 0 Å². The summed E-state index contributed by atoms with van der Waals surface area (Å²) in [4.78, 5) is 0. The van der Waals surface area contributed by atoms with Crippen molar-refractivity contribution in [2.75, 3.05) is 0 Å². The molecular formula is C13H25N. The maximum atomic E-state index is 3.93. The molecule has 0 aromatic carbocycles. The van der Waals surface area contributed by atoms with Crippen LogP contribution in [0.4, 0.5) is 0 Å². The van der Waals surface area contributed by atoms with E-state index in [4.69, 9.17) is 0 Å². The van der Waals surface area contributed by atoms with Crippen LogP contribution in [0.1, 0.15) is 53.4 Å². The van der Waals surface area contributed by atoms with Gasteiger partial charge >= 0.3 is 0 Å². The third-order valence-corrected chi connectivity index (χ3v) is 5.03. The molecule has 1 saturated carbocycles. The lowest BCUT2D eigenvalue weighted by Gasteiger charge is -2.47. The summed E-state index contributed by atoms with van der Waals surface area (Å²) in [5.74, 6) is 2.58. The molecule has 2 aliphatic rings. The second-order valence-corrected chi connectivity index (χ2v) is 5.99. The Bertz CT molecular complexity index is 211. The Morgan fingerprint density at radius 3 is 2.14 bits per heavy atom. The molecule has 1 aliphatic carbocycles. The average molecular weight is 195 g/mol. The van der Waals surface area contributed by atoms with Gasteiger partial charge in [0.2, 0.25) is 0 Å². The van der Waals surface area contributed by atoms with E-state index < -0.39 is 0 Å². The standard InChI is InChI=1S/C13H25N/c1-9(2)11(4)12-6-8-13(14-12)7-5-10(13)3/h9-12,14H,5-8H2,1-4H3/t10-,11?,12?,13?/m0/s1. The first-order valence-electron chi connectivity index (χ1n) is 6.33. The number of hydrogen-bond donors (Lipinski definition) is 1. The van der Waals surface area contributed by atoms with Crippen LogP contribution in [0.25, 0.3) is 0 Å². The van der Waals surface area contributed by atoms with Gasteiger partial charge in [0.15, 0.2) is 0 Å². The molecule has 1 spiro atoms. The number of hydrogen-bond acceptors (Lipinski definition) is 1. The minimum atomic E-state index is 0.563. The molecule has 14 heavy (non-hydrogen) atoms. The molecule has 2 rings (SSSR count). The fourth-order valence-corrected chi connectivity index (χ4v) is 3.15. The minimum absolute atomic E-state index is 0.563. The summed E-state index contributed by atoms with van der Waals surface area (Å²) in [6.45, 7) is 9.52. The zero-order valence-corrected chi connectivity index (χ0v) is 10.1. The molecule has 2 fully saturated rings. The molecule has 0 amide bonds. The minimum Gasteiger partial charge on any atom is -0.308 e. The van der Waals surface area contributed by atoms with Crippen molar-refractivity contribution in [1.29, 1.82) is 0 Å². The van der Waals surface area contributed by atoms with Gasteiger partial charge in [-0.1, -0.05) is 27.7 Å². The average Bonchev–Trinajstić information content (AvgIpc) is 2.61. The van der Waals surface area contributed by atoms with Gasteiger partial charge in [-0.25, -0.2) is 0 Å². The largest absolute Gasteiger partial charge is 0.308 e. The van der Waals surface area contributed by atoms with Crippen LogP contribution in [0.3, 0.4) is 0 Å². The Hall–Kier alpha value is -0.0400. The summed E-state index contributed by atoms with van der Waals surface area (Å²) in [6, 6.07) is 0.790. The molecule has 82 valence electrons. The summed E-state index contributed by atoms with van der Waals surface area (Å²) in [7, 11) is 0. The highest BCUT2D eigenvalue weighted by molar-refractivity contribution is 5.07. The normalized spacial score (nSPS) is 44.4. The Morgan fingerprint density at radius 2 is 1.79 bits per heavy atom. The monoisotopic (exact) mass is 195 g/mol. The molecule has 1 heterocycles. The Kier molecular flexibility index (Phi) is 2.63. The lowest BCUT2D eigenvalue weighted by molar-refractivity contribution is 0.107. The van der Waals surface area contributed by atoms with Gasteiger partial charge in [0, 0.05) is 11.6 Å². The second kappa shape index (κ2) is 3.52. The number of rotatable bonds is 2. The van der Waals surface area contributed by atoms with Crippen molar-refractivity contribution in [3.63, 3.8) is 0 Å². The van der Waals surface area contributed by atoms with Crippen LogP contribution in [0.2, 0.25) is 0 Å². The Labute approximate surface area is 88.7 Å². The molecule has 1 saturated heterocycles. The van der Waals surface area contributed by atoms with Crippen LogP contribution in [-0.4, -0.2) is 11.6 Å². The van der Waals surface area contributed by atoms with Crippen LogP contribution >= 0.6 is 0 Å². The third-order valence-electron chi connectivity index (χ3n) is 5.03. The van der Waals surface area contributed by atoms with Crippen molar-refractivity contribution in [3.05, 3.63) is 0 Å². The molecule has 0 aromatic heterocycles. The quantitative estimate of drug-likeness (QED) is 0.713. The van der Waals surface area contributed by atoms with E-state index in [9.17, 15) is 0 Å². The van der Waals surface area contributed by atoms with Crippen LogP contribution in [0.5, 0.6) is 0 Å². The van der Waals surface area contributed by atoms with Gasteiger partial charge in [0.25, 0.3) is 0 Å². The van der Waals surface area contributed by atoms with E-state index >= 15 is 0 Å². The van der Waals surface area contributed by atoms with E-state index in [1.807, 2.05) is 0 Å². The molecule has 3 unspecified atom stereocenters. The van der Waals surface area contributed by atoms with Crippen molar-refractivity contribution < 1.29 is 0 Å². The summed E-state index contributed by atoms with van der Waals surface area (Å²) in [5, 5.41) is 3.93. The van der Waals surface area contributed by atoms with Gasteiger partial charge in [-0.3, -0.25) is 0 Å². The second-order valence-electron chi connectivity index (χ2n) is 5.99. The third kappa shape index (κ3) is 1.50. The molecule has 0 bridgehead atoms. The van der Waals surface area contributed by atoms with Crippen LogP contribution in [0, 0.1) is 17.8 Å². The number of nitrogens with one attached hydrogen (secondary N) is 1. The van der Waals surface area contributed by atoms with Crippen molar-refractivity contribution >= 4 is 0 Å². The van der Waals surface area contributed by atoms with Gasteiger partial charge in [-0.05, 0) is 43.4 Å². The molecule has 1 N–H and O–H groups in total. The highest BCUT2D eigenvalue weighted by atomic mass is 15.1. The molecule has 1 nitrogen and oxygen atoms in total. The first-order valence-corrected chi connectivity index (χ1v) is 6.33. The molecular weight excluding hydrogens is 170 g/mol. The van der Waals surface area contributed by atoms with Gasteiger partial charge < -0.3 is 5.32 Å². The maximum absolute atomic E-state index is 3.93. The van der Waals surface area contributed by atoms with E-state index in [2.05, 4.69) is 33.0 Å². The van der Waals surface area contributed by atoms with E-state index in [-0.39, 0.29) is 0 Å². The fourth-order valence-electron chi connectivity index (χ4n) is 3.15. The van der Waals surface area contributed by atoms with Crippen LogP contribution in [0.15, 0.2) is 0 Å². The summed E-state index contributed by atoms with van der Waals surface area (Å²) >= 11 is 0. The van der Waals surface area contributed by atoms with Crippen molar-refractivity contribution in [3.8, 4) is 0 Å². The molecule has 1 aliphatic heterocycles. The van der Waals surface area contributed by atoms with Gasteiger partial charge in [0.05, 0.1) is 0 Å². The Balaban J connectivity index is 1.94. The predicted molar refractivity (Wildman–Crippen MR) is 61.3 cm³/mol. The SMILES string of the molecule is CC(C)C(C)C1CCC2(CC[C@@H]2C)N1. The van der Waals surface area contributed by atoms with Crippen molar-refractivity contribution in [2.24, 2.45) is 17.8 Å². The molecule has 4 atom stereocenters.